The second kappa shape index (κ2) is 12.5. The maximum Gasteiger partial charge on any atom is 0.266 e. The van der Waals surface area contributed by atoms with E-state index in [2.05, 4.69) is 82.1 Å². The van der Waals surface area contributed by atoms with Crippen LogP contribution in [-0.4, -0.2) is 28.1 Å². The van der Waals surface area contributed by atoms with Gasteiger partial charge in [0.25, 0.3) is 5.91 Å². The Morgan fingerprint density at radius 2 is 1.67 bits per heavy atom. The Balaban J connectivity index is 1.20. The molecule has 1 saturated heterocycles. The first-order valence-electron chi connectivity index (χ1n) is 14.4. The number of carbonyl (C=O) groups is 1. The van der Waals surface area contributed by atoms with Gasteiger partial charge in [0, 0.05) is 6.04 Å². The molecule has 2 saturated carbocycles. The van der Waals surface area contributed by atoms with Crippen molar-refractivity contribution in [1.29, 1.82) is 0 Å². The highest BCUT2D eigenvalue weighted by Gasteiger charge is 2.39. The van der Waals surface area contributed by atoms with E-state index in [-0.39, 0.29) is 11.9 Å². The van der Waals surface area contributed by atoms with E-state index in [4.69, 9.17) is 9.73 Å². The SMILES string of the molecule is O=C1C(=Cc2ccc(OCc3cccc4ccccc34)c(I)c2)SC(=NC2CCCCC2)N1C1CCCCC1. The molecule has 1 amide bonds. The summed E-state index contributed by atoms with van der Waals surface area (Å²) >= 11 is 3.92. The number of hydrogen-bond donors (Lipinski definition) is 0. The third-order valence-corrected chi connectivity index (χ3v) is 10.0. The summed E-state index contributed by atoms with van der Waals surface area (Å²) in [6, 6.07) is 21.6. The largest absolute Gasteiger partial charge is 0.488 e. The summed E-state index contributed by atoms with van der Waals surface area (Å²) in [5.41, 5.74) is 2.20. The number of benzene rings is 3. The van der Waals surface area contributed by atoms with Gasteiger partial charge >= 0.3 is 0 Å². The van der Waals surface area contributed by atoms with Crippen molar-refractivity contribution in [3.05, 3.63) is 80.3 Å². The van der Waals surface area contributed by atoms with Crippen LogP contribution in [0.1, 0.15) is 75.3 Å². The molecular formula is C33H35IN2O2S. The second-order valence-corrected chi connectivity index (χ2v) is 13.1. The molecule has 0 bridgehead atoms. The molecule has 0 radical (unpaired) electrons. The molecule has 0 aromatic heterocycles. The van der Waals surface area contributed by atoms with Gasteiger partial charge in [0.1, 0.15) is 12.4 Å². The number of ether oxygens (including phenoxy) is 1. The Morgan fingerprint density at radius 1 is 0.923 bits per heavy atom. The molecule has 4 nitrogen and oxygen atoms in total. The molecule has 3 aliphatic rings. The van der Waals surface area contributed by atoms with E-state index in [0.29, 0.717) is 12.6 Å². The maximum absolute atomic E-state index is 13.7. The molecule has 0 unspecified atom stereocenters. The molecule has 6 heteroatoms. The fourth-order valence-corrected chi connectivity index (χ4v) is 7.86. The van der Waals surface area contributed by atoms with Gasteiger partial charge in [0.2, 0.25) is 0 Å². The van der Waals surface area contributed by atoms with Gasteiger partial charge in [-0.05, 0) is 100 Å². The summed E-state index contributed by atoms with van der Waals surface area (Å²) in [6.45, 7) is 0.517. The summed E-state index contributed by atoms with van der Waals surface area (Å²) in [6.07, 6.45) is 14.0. The molecule has 3 aromatic carbocycles. The fourth-order valence-electron chi connectivity index (χ4n) is 6.05. The van der Waals surface area contributed by atoms with Crippen molar-refractivity contribution in [3.63, 3.8) is 0 Å². The Hall–Kier alpha value is -2.32. The number of rotatable bonds is 6. The summed E-state index contributed by atoms with van der Waals surface area (Å²) in [5.74, 6) is 0.993. The number of nitrogens with zero attached hydrogens (tertiary/aromatic N) is 2. The van der Waals surface area contributed by atoms with Crippen molar-refractivity contribution in [1.82, 2.24) is 4.90 Å². The van der Waals surface area contributed by atoms with Crippen LogP contribution in [0.4, 0.5) is 0 Å². The highest BCUT2D eigenvalue weighted by atomic mass is 127. The van der Waals surface area contributed by atoms with Gasteiger partial charge in [-0.3, -0.25) is 14.7 Å². The topological polar surface area (TPSA) is 41.9 Å². The standard InChI is InChI=1S/C33H35IN2O2S/c34-29-20-23(18-19-30(29)38-22-25-12-9-11-24-10-7-8-17-28(24)25)21-31-32(37)36(27-15-5-2-6-16-27)33(39-31)35-26-13-3-1-4-14-26/h7-12,17-21,26-27H,1-6,13-16,22H2. The zero-order valence-electron chi connectivity index (χ0n) is 22.3. The lowest BCUT2D eigenvalue weighted by atomic mass is 9.94. The minimum atomic E-state index is 0.132. The Kier molecular flexibility index (Phi) is 8.59. The molecule has 0 spiro atoms. The van der Waals surface area contributed by atoms with Crippen LogP contribution in [0.25, 0.3) is 16.8 Å². The number of halogens is 1. The van der Waals surface area contributed by atoms with Gasteiger partial charge in [-0.2, -0.15) is 0 Å². The number of aliphatic imine (C=N–C) groups is 1. The minimum absolute atomic E-state index is 0.132. The molecule has 3 fully saturated rings. The number of fused-ring (bicyclic) bond motifs is 1. The zero-order valence-corrected chi connectivity index (χ0v) is 25.3. The molecule has 1 heterocycles. The highest BCUT2D eigenvalue weighted by molar-refractivity contribution is 14.1. The summed E-state index contributed by atoms with van der Waals surface area (Å²) < 4.78 is 7.29. The Morgan fingerprint density at radius 3 is 2.46 bits per heavy atom. The van der Waals surface area contributed by atoms with Crippen LogP contribution in [0.3, 0.4) is 0 Å². The Bertz CT molecular complexity index is 1400. The number of amidine groups is 1. The van der Waals surface area contributed by atoms with Crippen molar-refractivity contribution in [2.45, 2.75) is 82.9 Å². The van der Waals surface area contributed by atoms with E-state index in [9.17, 15) is 4.79 Å². The van der Waals surface area contributed by atoms with Crippen LogP contribution < -0.4 is 4.74 Å². The molecular weight excluding hydrogens is 615 g/mol. The number of amides is 1. The summed E-state index contributed by atoms with van der Waals surface area (Å²) in [7, 11) is 0. The molecule has 6 rings (SSSR count). The lowest BCUT2D eigenvalue weighted by Crippen LogP contribution is -2.41. The predicted octanol–water partition coefficient (Wildman–Crippen LogP) is 8.96. The predicted molar refractivity (Wildman–Crippen MR) is 171 cm³/mol. The van der Waals surface area contributed by atoms with Crippen LogP contribution in [-0.2, 0) is 11.4 Å². The number of thioether (sulfide) groups is 1. The van der Waals surface area contributed by atoms with E-state index in [0.717, 1.165) is 50.6 Å². The number of carbonyl (C=O) groups excluding carboxylic acids is 1. The molecule has 39 heavy (non-hydrogen) atoms. The summed E-state index contributed by atoms with van der Waals surface area (Å²) in [4.78, 5) is 21.7. The highest BCUT2D eigenvalue weighted by Crippen LogP contribution is 2.39. The quantitative estimate of drug-likeness (QED) is 0.198. The van der Waals surface area contributed by atoms with Crippen molar-refractivity contribution < 1.29 is 9.53 Å². The van der Waals surface area contributed by atoms with Gasteiger partial charge in [0.15, 0.2) is 5.17 Å². The van der Waals surface area contributed by atoms with Crippen LogP contribution >= 0.6 is 34.4 Å². The first-order valence-corrected chi connectivity index (χ1v) is 16.2. The normalized spacial score (nSPS) is 21.4. The molecule has 0 atom stereocenters. The average molecular weight is 651 g/mol. The van der Waals surface area contributed by atoms with E-state index < -0.39 is 0 Å². The lowest BCUT2D eigenvalue weighted by Gasteiger charge is -2.31. The second-order valence-electron chi connectivity index (χ2n) is 10.9. The molecule has 202 valence electrons. The average Bonchev–Trinajstić information content (AvgIpc) is 3.27. The van der Waals surface area contributed by atoms with E-state index in [1.54, 1.807) is 11.8 Å². The van der Waals surface area contributed by atoms with E-state index in [1.807, 2.05) is 12.1 Å². The lowest BCUT2D eigenvalue weighted by molar-refractivity contribution is -0.124. The van der Waals surface area contributed by atoms with E-state index in [1.165, 1.54) is 54.9 Å². The maximum atomic E-state index is 13.7. The zero-order chi connectivity index (χ0) is 26.6. The molecule has 0 N–H and O–H groups in total. The van der Waals surface area contributed by atoms with Crippen molar-refractivity contribution in [2.24, 2.45) is 4.99 Å². The van der Waals surface area contributed by atoms with Crippen LogP contribution in [0.15, 0.2) is 70.6 Å². The first kappa shape index (κ1) is 26.9. The molecule has 2 aliphatic carbocycles. The van der Waals surface area contributed by atoms with Crippen molar-refractivity contribution in [3.8, 4) is 5.75 Å². The number of hydrogen-bond acceptors (Lipinski definition) is 4. The van der Waals surface area contributed by atoms with Gasteiger partial charge in [-0.1, -0.05) is 87.1 Å². The van der Waals surface area contributed by atoms with Crippen LogP contribution in [0.2, 0.25) is 0 Å². The fraction of sp³-hybridized carbons (Fsp3) is 0.394. The monoisotopic (exact) mass is 650 g/mol. The van der Waals surface area contributed by atoms with Gasteiger partial charge in [-0.15, -0.1) is 0 Å². The van der Waals surface area contributed by atoms with Gasteiger partial charge in [0.05, 0.1) is 14.5 Å². The smallest absolute Gasteiger partial charge is 0.266 e. The van der Waals surface area contributed by atoms with Gasteiger partial charge < -0.3 is 4.74 Å². The van der Waals surface area contributed by atoms with Crippen molar-refractivity contribution in [2.75, 3.05) is 0 Å². The molecule has 3 aromatic rings. The minimum Gasteiger partial charge on any atom is -0.488 e. The first-order chi connectivity index (χ1) is 19.2. The Labute approximate surface area is 249 Å². The molecule has 1 aliphatic heterocycles. The van der Waals surface area contributed by atoms with Crippen LogP contribution in [0.5, 0.6) is 5.75 Å². The van der Waals surface area contributed by atoms with Gasteiger partial charge in [-0.25, -0.2) is 0 Å². The summed E-state index contributed by atoms with van der Waals surface area (Å²) in [5, 5.41) is 3.39. The van der Waals surface area contributed by atoms with Crippen molar-refractivity contribution >= 4 is 62.3 Å². The third kappa shape index (κ3) is 6.22. The van der Waals surface area contributed by atoms with E-state index >= 15 is 0 Å². The third-order valence-electron chi connectivity index (χ3n) is 8.16. The van der Waals surface area contributed by atoms with Crippen LogP contribution in [0, 0.1) is 3.57 Å².